The summed E-state index contributed by atoms with van der Waals surface area (Å²) in [4.78, 5) is 102. The van der Waals surface area contributed by atoms with Crippen LogP contribution in [0.15, 0.2) is 12.3 Å². The summed E-state index contributed by atoms with van der Waals surface area (Å²) in [5, 5.41) is 14.7. The molecule has 0 aromatic carbocycles. The van der Waals surface area contributed by atoms with Crippen molar-refractivity contribution in [3.63, 3.8) is 0 Å². The highest BCUT2D eigenvalue weighted by Crippen LogP contribution is 2.19. The number of carbonyl (C=O) groups is 8. The lowest BCUT2D eigenvalue weighted by Crippen LogP contribution is -2.57. The summed E-state index contributed by atoms with van der Waals surface area (Å²) in [6.45, 7) is 15.0. The molecule has 1 aliphatic heterocycles. The molecule has 1 rings (SSSR count). The van der Waals surface area contributed by atoms with E-state index in [-0.39, 0.29) is 42.7 Å². The number of primary amides is 1. The Morgan fingerprint density at radius 1 is 0.898 bits per heavy atom. The van der Waals surface area contributed by atoms with E-state index in [1.54, 1.807) is 34.6 Å². The molecule has 276 valence electrons. The lowest BCUT2D eigenvalue weighted by atomic mass is 10.0. The maximum Gasteiger partial charge on any atom is 0.408 e. The third-order valence-corrected chi connectivity index (χ3v) is 7.37. The number of alkyl carbamates (subject to hydrolysis) is 1. The maximum absolute atomic E-state index is 13.2. The fourth-order valence-electron chi connectivity index (χ4n) is 4.70. The first-order valence-electron chi connectivity index (χ1n) is 16.0. The Morgan fingerprint density at radius 3 is 2.06 bits per heavy atom. The van der Waals surface area contributed by atoms with Gasteiger partial charge in [0.25, 0.3) is 5.91 Å². The van der Waals surface area contributed by atoms with Gasteiger partial charge >= 0.3 is 6.09 Å². The van der Waals surface area contributed by atoms with Crippen LogP contribution in [0.4, 0.5) is 4.79 Å². The number of hydrogen-bond donors (Lipinski definition) is 8. The summed E-state index contributed by atoms with van der Waals surface area (Å²) in [5.41, 5.74) is 3.97. The number of carbonyl (C=O) groups excluding carboxylic acids is 8. The highest BCUT2D eigenvalue weighted by molar-refractivity contribution is 7.80. The molecule has 0 radical (unpaired) electrons. The first-order chi connectivity index (χ1) is 22.7. The van der Waals surface area contributed by atoms with Crippen molar-refractivity contribution in [1.29, 1.82) is 0 Å². The minimum Gasteiger partial charge on any atom is -0.444 e. The number of rotatable bonds is 17. The molecule has 8 N–H and O–H groups in total. The Kier molecular flexibility index (Phi) is 17.1. The maximum atomic E-state index is 13.2. The standard InChI is InChI=1S/C31H52N8O9S/c1-16(2)12-19(37-30(47)48-31(6,7)8)25(42)35-18(5)29(46)39-11-9-10-21(39)27(44)34-14-23(41)36-20(15-49)26(43)38-24(17(3)4)28(45)33-13-22(32)40/h16-17,19-21,24,49H,5,9-15H2,1-4,6-8H3,(H2,32,40)(H,33,45)(H,34,44)(H,35,42)(H,36,41)(H,37,47)(H,38,43)/t19-,20-,21-,24-/m0/s1. The molecule has 1 fully saturated rings. The van der Waals surface area contributed by atoms with Crippen molar-refractivity contribution in [2.75, 3.05) is 25.4 Å². The van der Waals surface area contributed by atoms with E-state index in [0.717, 1.165) is 0 Å². The molecule has 0 aliphatic carbocycles. The zero-order valence-corrected chi connectivity index (χ0v) is 30.2. The quantitative estimate of drug-likeness (QED) is 0.0667. The van der Waals surface area contributed by atoms with Crippen molar-refractivity contribution in [3.8, 4) is 0 Å². The van der Waals surface area contributed by atoms with Crippen molar-refractivity contribution in [1.82, 2.24) is 36.8 Å². The van der Waals surface area contributed by atoms with Crippen LogP contribution in [0, 0.1) is 11.8 Å². The normalized spacial score (nSPS) is 16.1. The predicted molar refractivity (Wildman–Crippen MR) is 182 cm³/mol. The van der Waals surface area contributed by atoms with Gasteiger partial charge in [-0.15, -0.1) is 0 Å². The summed E-state index contributed by atoms with van der Waals surface area (Å²) in [5.74, 6) is -5.36. The molecule has 0 bridgehead atoms. The van der Waals surface area contributed by atoms with Crippen LogP contribution in [0.2, 0.25) is 0 Å². The van der Waals surface area contributed by atoms with Gasteiger partial charge in [0.05, 0.1) is 18.8 Å². The minimum absolute atomic E-state index is 0.00826. The van der Waals surface area contributed by atoms with Crippen molar-refractivity contribution in [2.45, 2.75) is 97.5 Å². The van der Waals surface area contributed by atoms with Crippen LogP contribution in [0.25, 0.3) is 0 Å². The van der Waals surface area contributed by atoms with Crippen molar-refractivity contribution in [3.05, 3.63) is 12.3 Å². The van der Waals surface area contributed by atoms with Crippen LogP contribution in [0.3, 0.4) is 0 Å². The largest absolute Gasteiger partial charge is 0.444 e. The molecular weight excluding hydrogens is 660 g/mol. The first-order valence-corrected chi connectivity index (χ1v) is 16.6. The second-order valence-electron chi connectivity index (χ2n) is 13.4. The molecule has 0 spiro atoms. The summed E-state index contributed by atoms with van der Waals surface area (Å²) < 4.78 is 5.25. The smallest absolute Gasteiger partial charge is 0.408 e. The third kappa shape index (κ3) is 15.2. The summed E-state index contributed by atoms with van der Waals surface area (Å²) in [6, 6.07) is -4.18. The highest BCUT2D eigenvalue weighted by Gasteiger charge is 2.36. The van der Waals surface area contributed by atoms with E-state index < -0.39 is 90.3 Å². The average molecular weight is 713 g/mol. The lowest BCUT2D eigenvalue weighted by molar-refractivity contribution is -0.137. The van der Waals surface area contributed by atoms with Gasteiger partial charge in [-0.25, -0.2) is 4.79 Å². The zero-order valence-electron chi connectivity index (χ0n) is 29.3. The first kappa shape index (κ1) is 42.7. The lowest BCUT2D eigenvalue weighted by Gasteiger charge is -2.27. The summed E-state index contributed by atoms with van der Waals surface area (Å²) >= 11 is 4.11. The molecule has 0 aromatic rings. The Morgan fingerprint density at radius 2 is 1.53 bits per heavy atom. The number of ether oxygens (including phenoxy) is 1. The number of nitrogens with zero attached hydrogens (tertiary/aromatic N) is 1. The molecule has 1 saturated heterocycles. The second kappa shape index (κ2) is 19.6. The van der Waals surface area contributed by atoms with E-state index >= 15 is 0 Å². The second-order valence-corrected chi connectivity index (χ2v) is 13.8. The van der Waals surface area contributed by atoms with Crippen LogP contribution in [-0.2, 0) is 38.3 Å². The molecule has 1 aliphatic rings. The Labute approximate surface area is 292 Å². The number of nitrogens with one attached hydrogen (secondary N) is 6. The van der Waals surface area contributed by atoms with Gasteiger partial charge in [0.15, 0.2) is 0 Å². The van der Waals surface area contributed by atoms with Crippen LogP contribution in [-0.4, -0.2) is 107 Å². The third-order valence-electron chi connectivity index (χ3n) is 7.00. The highest BCUT2D eigenvalue weighted by atomic mass is 32.1. The molecule has 4 atom stereocenters. The van der Waals surface area contributed by atoms with E-state index in [4.69, 9.17) is 10.5 Å². The predicted octanol–water partition coefficient (Wildman–Crippen LogP) is -1.18. The van der Waals surface area contributed by atoms with E-state index in [1.807, 2.05) is 13.8 Å². The average Bonchev–Trinajstić information content (AvgIpc) is 3.48. The molecule has 8 amide bonds. The molecule has 49 heavy (non-hydrogen) atoms. The van der Waals surface area contributed by atoms with Gasteiger partial charge in [0.1, 0.15) is 29.8 Å². The number of likely N-dealkylation sites (tertiary alicyclic amines) is 1. The summed E-state index contributed by atoms with van der Waals surface area (Å²) in [7, 11) is 0. The van der Waals surface area contributed by atoms with Gasteiger partial charge in [0, 0.05) is 12.3 Å². The van der Waals surface area contributed by atoms with Gasteiger partial charge in [-0.1, -0.05) is 34.3 Å². The number of hydrogen-bond acceptors (Lipinski definition) is 10. The van der Waals surface area contributed by atoms with E-state index in [1.165, 1.54) is 4.90 Å². The van der Waals surface area contributed by atoms with Crippen LogP contribution < -0.4 is 37.6 Å². The van der Waals surface area contributed by atoms with Crippen LogP contribution in [0.1, 0.15) is 67.7 Å². The Bertz CT molecular complexity index is 1270. The SMILES string of the molecule is C=C(NC(=O)[C@H](CC(C)C)NC(=O)OC(C)(C)C)C(=O)N1CCC[C@H]1C(=O)NCC(=O)N[C@@H](CS)C(=O)N[C@H](C(=O)NCC(N)=O)C(C)C. The zero-order chi connectivity index (χ0) is 37.6. The summed E-state index contributed by atoms with van der Waals surface area (Å²) in [6.07, 6.45) is 0.214. The fourth-order valence-corrected chi connectivity index (χ4v) is 4.95. The van der Waals surface area contributed by atoms with Gasteiger partial charge in [0.2, 0.25) is 35.4 Å². The number of thiol groups is 1. The van der Waals surface area contributed by atoms with Crippen LogP contribution in [0.5, 0.6) is 0 Å². The Hall–Kier alpha value is -4.35. The van der Waals surface area contributed by atoms with Crippen molar-refractivity contribution >= 4 is 60.1 Å². The van der Waals surface area contributed by atoms with Gasteiger partial charge < -0.3 is 47.3 Å². The van der Waals surface area contributed by atoms with E-state index in [0.29, 0.717) is 6.42 Å². The molecule has 18 heteroatoms. The molecule has 1 heterocycles. The molecule has 0 saturated carbocycles. The molecule has 0 aromatic heterocycles. The van der Waals surface area contributed by atoms with E-state index in [2.05, 4.69) is 51.1 Å². The minimum atomic E-state index is -1.17. The van der Waals surface area contributed by atoms with E-state index in [9.17, 15) is 38.4 Å². The van der Waals surface area contributed by atoms with Crippen LogP contribution >= 0.6 is 12.6 Å². The molecule has 0 unspecified atom stereocenters. The Balaban J connectivity index is 2.79. The van der Waals surface area contributed by atoms with Gasteiger partial charge in [-0.05, 0) is 51.9 Å². The van der Waals surface area contributed by atoms with Crippen molar-refractivity contribution < 1.29 is 43.1 Å². The molecule has 17 nitrogen and oxygen atoms in total. The fraction of sp³-hybridized carbons (Fsp3) is 0.677. The number of amides is 8. The van der Waals surface area contributed by atoms with Gasteiger partial charge in [-0.3, -0.25) is 33.6 Å². The van der Waals surface area contributed by atoms with Gasteiger partial charge in [-0.2, -0.15) is 12.6 Å². The van der Waals surface area contributed by atoms with Crippen molar-refractivity contribution in [2.24, 2.45) is 17.6 Å². The monoisotopic (exact) mass is 712 g/mol. The molecular formula is C31H52N8O9S. The topological polar surface area (TPSA) is 247 Å². The number of nitrogens with two attached hydrogens (primary N) is 1.